The van der Waals surface area contributed by atoms with Crippen molar-refractivity contribution in [3.05, 3.63) is 60.2 Å². The summed E-state index contributed by atoms with van der Waals surface area (Å²) in [6, 6.07) is 17.3. The molecule has 2 aliphatic rings. The van der Waals surface area contributed by atoms with Gasteiger partial charge in [-0.2, -0.15) is 4.99 Å². The Bertz CT molecular complexity index is 1050. The molecule has 31 heavy (non-hydrogen) atoms. The first-order valence-electron chi connectivity index (χ1n) is 10.5. The average Bonchev–Trinajstić information content (AvgIpc) is 3.22. The molecule has 2 unspecified atom stereocenters. The predicted molar refractivity (Wildman–Crippen MR) is 125 cm³/mol. The Kier molecular flexibility index (Phi) is 6.67. The largest absolute Gasteiger partial charge is 0.489 e. The van der Waals surface area contributed by atoms with Crippen LogP contribution in [0.25, 0.3) is 0 Å². The number of hydrogen-bond acceptors (Lipinski definition) is 5. The van der Waals surface area contributed by atoms with Crippen LogP contribution in [0.15, 0.2) is 59.6 Å². The Hall–Kier alpha value is -2.32. The summed E-state index contributed by atoms with van der Waals surface area (Å²) in [5, 5.41) is 0.501. The van der Waals surface area contributed by atoms with Crippen molar-refractivity contribution in [1.29, 1.82) is 0 Å². The highest BCUT2D eigenvalue weighted by Crippen LogP contribution is 2.41. The number of benzene rings is 2. The SMILES string of the molecule is CCCCC(=O)N=C1SC2CS(=O)(=O)CC2N1c1ccc(OCc2ccccc2)cc1. The second-order valence-corrected chi connectivity index (χ2v) is 11.2. The number of aliphatic imine (C=N–C) groups is 1. The molecule has 1 amide bonds. The zero-order valence-electron chi connectivity index (χ0n) is 17.4. The van der Waals surface area contributed by atoms with E-state index in [9.17, 15) is 13.2 Å². The van der Waals surface area contributed by atoms with Gasteiger partial charge in [0.2, 0.25) is 5.91 Å². The molecule has 164 valence electrons. The molecule has 8 heteroatoms. The number of hydrogen-bond donors (Lipinski definition) is 0. The number of thioether (sulfide) groups is 1. The number of amides is 1. The van der Waals surface area contributed by atoms with Gasteiger partial charge in [-0.1, -0.05) is 55.4 Å². The summed E-state index contributed by atoms with van der Waals surface area (Å²) in [5.74, 6) is 0.783. The first-order chi connectivity index (χ1) is 14.9. The minimum Gasteiger partial charge on any atom is -0.489 e. The lowest BCUT2D eigenvalue weighted by atomic mass is 10.2. The number of rotatable bonds is 7. The van der Waals surface area contributed by atoms with Gasteiger partial charge in [0.15, 0.2) is 15.0 Å². The molecule has 2 aromatic carbocycles. The van der Waals surface area contributed by atoms with Gasteiger partial charge in [-0.25, -0.2) is 8.42 Å². The number of fused-ring (bicyclic) bond motifs is 1. The van der Waals surface area contributed by atoms with E-state index in [0.29, 0.717) is 18.2 Å². The van der Waals surface area contributed by atoms with Crippen LogP contribution in [0.2, 0.25) is 0 Å². The van der Waals surface area contributed by atoms with Crippen LogP contribution >= 0.6 is 11.8 Å². The van der Waals surface area contributed by atoms with Gasteiger partial charge in [-0.05, 0) is 36.2 Å². The van der Waals surface area contributed by atoms with Crippen molar-refractivity contribution in [3.8, 4) is 5.75 Å². The van der Waals surface area contributed by atoms with E-state index >= 15 is 0 Å². The van der Waals surface area contributed by atoms with Crippen LogP contribution in [0.3, 0.4) is 0 Å². The third-order valence-corrected chi connectivity index (χ3v) is 8.60. The van der Waals surface area contributed by atoms with Crippen LogP contribution in [0.5, 0.6) is 5.75 Å². The minimum atomic E-state index is -3.09. The van der Waals surface area contributed by atoms with Gasteiger partial charge in [-0.15, -0.1) is 0 Å². The van der Waals surface area contributed by atoms with Crippen LogP contribution in [-0.4, -0.2) is 42.3 Å². The van der Waals surface area contributed by atoms with Crippen LogP contribution in [0, 0.1) is 0 Å². The van der Waals surface area contributed by atoms with E-state index in [0.717, 1.165) is 29.8 Å². The van der Waals surface area contributed by atoms with Crippen molar-refractivity contribution in [2.45, 2.75) is 44.1 Å². The van der Waals surface area contributed by atoms with Crippen LogP contribution in [-0.2, 0) is 21.2 Å². The molecule has 2 saturated heterocycles. The molecule has 2 aromatic rings. The second kappa shape index (κ2) is 9.44. The van der Waals surface area contributed by atoms with Gasteiger partial charge in [0.25, 0.3) is 0 Å². The third kappa shape index (κ3) is 5.30. The first kappa shape index (κ1) is 21.9. The molecule has 2 fully saturated rings. The molecule has 2 atom stereocenters. The molecule has 0 N–H and O–H groups in total. The molecule has 0 bridgehead atoms. The number of carbonyl (C=O) groups is 1. The van der Waals surface area contributed by atoms with E-state index in [4.69, 9.17) is 4.74 Å². The summed E-state index contributed by atoms with van der Waals surface area (Å²) < 4.78 is 30.3. The molecular formula is C23H26N2O4S2. The lowest BCUT2D eigenvalue weighted by molar-refractivity contribution is -0.117. The van der Waals surface area contributed by atoms with Crippen molar-refractivity contribution in [2.75, 3.05) is 16.4 Å². The highest BCUT2D eigenvalue weighted by molar-refractivity contribution is 8.16. The van der Waals surface area contributed by atoms with E-state index in [2.05, 4.69) is 4.99 Å². The quantitative estimate of drug-likeness (QED) is 0.623. The number of ether oxygens (including phenoxy) is 1. The van der Waals surface area contributed by atoms with Gasteiger partial charge in [0.05, 0.1) is 17.5 Å². The van der Waals surface area contributed by atoms with Crippen molar-refractivity contribution >= 4 is 38.4 Å². The molecule has 0 radical (unpaired) electrons. The van der Waals surface area contributed by atoms with E-state index in [-0.39, 0.29) is 28.7 Å². The fourth-order valence-corrected chi connectivity index (χ4v) is 7.73. The summed E-state index contributed by atoms with van der Waals surface area (Å²) in [5.41, 5.74) is 1.91. The Morgan fingerprint density at radius 1 is 1.13 bits per heavy atom. The van der Waals surface area contributed by atoms with Gasteiger partial charge < -0.3 is 9.64 Å². The summed E-state index contributed by atoms with van der Waals surface area (Å²) in [4.78, 5) is 18.6. The van der Waals surface area contributed by atoms with Crippen molar-refractivity contribution in [2.24, 2.45) is 4.99 Å². The number of carbonyl (C=O) groups excluding carboxylic acids is 1. The third-order valence-electron chi connectivity index (χ3n) is 5.39. The van der Waals surface area contributed by atoms with Gasteiger partial charge in [0, 0.05) is 17.4 Å². The van der Waals surface area contributed by atoms with Crippen molar-refractivity contribution in [3.63, 3.8) is 0 Å². The topological polar surface area (TPSA) is 76.0 Å². The maximum absolute atomic E-state index is 12.3. The molecule has 0 aliphatic carbocycles. The molecule has 0 aromatic heterocycles. The number of unbranched alkanes of at least 4 members (excludes halogenated alkanes) is 1. The average molecular weight is 459 g/mol. The maximum atomic E-state index is 12.3. The van der Waals surface area contributed by atoms with Gasteiger partial charge >= 0.3 is 0 Å². The van der Waals surface area contributed by atoms with Crippen LogP contribution < -0.4 is 9.64 Å². The Labute approximate surface area is 187 Å². The second-order valence-electron chi connectivity index (χ2n) is 7.83. The minimum absolute atomic E-state index is 0.0824. The molecule has 0 saturated carbocycles. The predicted octanol–water partition coefficient (Wildman–Crippen LogP) is 4.06. The molecule has 0 spiro atoms. The normalized spacial score (nSPS) is 23.1. The highest BCUT2D eigenvalue weighted by Gasteiger charge is 2.49. The smallest absolute Gasteiger partial charge is 0.248 e. The Morgan fingerprint density at radius 2 is 1.87 bits per heavy atom. The fourth-order valence-electron chi connectivity index (χ4n) is 3.80. The van der Waals surface area contributed by atoms with Crippen LogP contribution in [0.1, 0.15) is 31.7 Å². The lowest BCUT2D eigenvalue weighted by Crippen LogP contribution is -2.37. The summed E-state index contributed by atoms with van der Waals surface area (Å²) in [7, 11) is -3.09. The number of amidine groups is 1. The van der Waals surface area contributed by atoms with E-state index in [1.54, 1.807) is 0 Å². The number of sulfone groups is 1. The van der Waals surface area contributed by atoms with Crippen LogP contribution in [0.4, 0.5) is 5.69 Å². The first-order valence-corrected chi connectivity index (χ1v) is 13.2. The zero-order chi connectivity index (χ0) is 21.8. The van der Waals surface area contributed by atoms with E-state index in [1.807, 2.05) is 66.4 Å². The summed E-state index contributed by atoms with van der Waals surface area (Å²) in [6.07, 6.45) is 2.14. The summed E-state index contributed by atoms with van der Waals surface area (Å²) >= 11 is 1.40. The monoisotopic (exact) mass is 458 g/mol. The van der Waals surface area contributed by atoms with Crippen molar-refractivity contribution in [1.82, 2.24) is 0 Å². The van der Waals surface area contributed by atoms with E-state index in [1.165, 1.54) is 11.8 Å². The number of nitrogens with zero attached hydrogens (tertiary/aromatic N) is 2. The molecule has 2 aliphatic heterocycles. The van der Waals surface area contributed by atoms with E-state index < -0.39 is 9.84 Å². The maximum Gasteiger partial charge on any atom is 0.248 e. The Balaban J connectivity index is 1.53. The van der Waals surface area contributed by atoms with Gasteiger partial charge in [-0.3, -0.25) is 4.79 Å². The molecule has 6 nitrogen and oxygen atoms in total. The zero-order valence-corrected chi connectivity index (χ0v) is 19.1. The Morgan fingerprint density at radius 3 is 2.58 bits per heavy atom. The van der Waals surface area contributed by atoms with Crippen molar-refractivity contribution < 1.29 is 17.9 Å². The highest BCUT2D eigenvalue weighted by atomic mass is 32.2. The fraction of sp³-hybridized carbons (Fsp3) is 0.391. The standard InChI is InChI=1S/C23H26N2O4S2/c1-2-3-9-22(26)24-23-25(20-15-31(27,28)16-21(20)30-23)18-10-12-19(13-11-18)29-14-17-7-5-4-6-8-17/h4-8,10-13,20-21H,2-3,9,14-16H2,1H3. The van der Waals surface area contributed by atoms with Gasteiger partial charge in [0.1, 0.15) is 12.4 Å². The molecular weight excluding hydrogens is 432 g/mol. The molecule has 2 heterocycles. The summed E-state index contributed by atoms with van der Waals surface area (Å²) in [6.45, 7) is 2.51. The number of anilines is 1. The molecule has 4 rings (SSSR count). The lowest BCUT2D eigenvalue weighted by Gasteiger charge is -2.24.